The Kier molecular flexibility index (Phi) is 3.13. The van der Waals surface area contributed by atoms with Gasteiger partial charge in [-0.1, -0.05) is 46.3 Å². The summed E-state index contributed by atoms with van der Waals surface area (Å²) in [5.41, 5.74) is 5.68. The minimum absolute atomic E-state index is 1.00. The molecule has 0 spiro atoms. The highest BCUT2D eigenvalue weighted by Crippen LogP contribution is 2.34. The van der Waals surface area contributed by atoms with Crippen LogP contribution in [0.1, 0.15) is 16.7 Å². The number of hydrogen-bond donors (Lipinski definition) is 0. The van der Waals surface area contributed by atoms with E-state index in [1.165, 1.54) is 33.3 Å². The van der Waals surface area contributed by atoms with Gasteiger partial charge in [0.2, 0.25) is 0 Å². The summed E-state index contributed by atoms with van der Waals surface area (Å²) >= 11 is 3.60. The van der Waals surface area contributed by atoms with Crippen molar-refractivity contribution in [1.82, 2.24) is 0 Å². The molecule has 0 saturated carbocycles. The van der Waals surface area contributed by atoms with Gasteiger partial charge >= 0.3 is 0 Å². The zero-order chi connectivity index (χ0) is 12.5. The van der Waals surface area contributed by atoms with Crippen LogP contribution in [0.5, 0.6) is 0 Å². The second-order valence-electron chi connectivity index (χ2n) is 4.88. The van der Waals surface area contributed by atoms with Crippen LogP contribution in [-0.2, 0) is 13.0 Å². The first-order valence-electron chi connectivity index (χ1n) is 6.32. The van der Waals surface area contributed by atoms with E-state index >= 15 is 0 Å². The average molecular weight is 302 g/mol. The van der Waals surface area contributed by atoms with Crippen LogP contribution in [0.4, 0.5) is 5.69 Å². The van der Waals surface area contributed by atoms with Crippen LogP contribution in [0.25, 0.3) is 0 Å². The van der Waals surface area contributed by atoms with Gasteiger partial charge in [-0.15, -0.1) is 0 Å². The summed E-state index contributed by atoms with van der Waals surface area (Å²) in [6.45, 7) is 4.33. The van der Waals surface area contributed by atoms with Gasteiger partial charge in [-0.05, 0) is 42.2 Å². The lowest BCUT2D eigenvalue weighted by atomic mass is 10.1. The molecule has 0 bridgehead atoms. The molecule has 0 unspecified atom stereocenters. The number of benzene rings is 2. The van der Waals surface area contributed by atoms with Crippen LogP contribution >= 0.6 is 15.9 Å². The van der Waals surface area contributed by atoms with E-state index in [-0.39, 0.29) is 0 Å². The second kappa shape index (κ2) is 4.77. The maximum Gasteiger partial charge on any atom is 0.0429 e. The van der Waals surface area contributed by atoms with Gasteiger partial charge in [-0.2, -0.15) is 0 Å². The summed E-state index contributed by atoms with van der Waals surface area (Å²) in [6, 6.07) is 15.1. The molecule has 0 atom stereocenters. The molecule has 1 heterocycles. The fourth-order valence-electron chi connectivity index (χ4n) is 2.70. The Morgan fingerprint density at radius 1 is 1.17 bits per heavy atom. The summed E-state index contributed by atoms with van der Waals surface area (Å²) < 4.78 is 1.18. The van der Waals surface area contributed by atoms with Crippen molar-refractivity contribution in [2.45, 2.75) is 19.9 Å². The molecule has 0 aromatic heterocycles. The molecule has 18 heavy (non-hydrogen) atoms. The Morgan fingerprint density at radius 2 is 1.94 bits per heavy atom. The second-order valence-corrected chi connectivity index (χ2v) is 5.79. The third-order valence-electron chi connectivity index (χ3n) is 3.60. The highest BCUT2D eigenvalue weighted by Gasteiger charge is 2.21. The third kappa shape index (κ3) is 2.17. The molecular weight excluding hydrogens is 286 g/mol. The van der Waals surface area contributed by atoms with Crippen molar-refractivity contribution in [2.75, 3.05) is 11.4 Å². The van der Waals surface area contributed by atoms with E-state index in [1.807, 2.05) is 0 Å². The molecule has 0 radical (unpaired) electrons. The SMILES string of the molecule is Cc1cc(Br)cc2c1CCN2Cc1ccccc1. The van der Waals surface area contributed by atoms with Crippen molar-refractivity contribution in [3.05, 3.63) is 63.6 Å². The monoisotopic (exact) mass is 301 g/mol. The summed E-state index contributed by atoms with van der Waals surface area (Å²) in [5, 5.41) is 0. The van der Waals surface area contributed by atoms with E-state index in [9.17, 15) is 0 Å². The molecule has 1 nitrogen and oxygen atoms in total. The quantitative estimate of drug-likeness (QED) is 0.798. The zero-order valence-electron chi connectivity index (χ0n) is 10.5. The molecule has 2 aromatic rings. The molecular formula is C16H16BrN. The number of rotatable bonds is 2. The number of anilines is 1. The van der Waals surface area contributed by atoms with Crippen molar-refractivity contribution in [2.24, 2.45) is 0 Å². The Morgan fingerprint density at radius 3 is 2.72 bits per heavy atom. The maximum atomic E-state index is 3.60. The molecule has 2 heteroatoms. The number of fused-ring (bicyclic) bond motifs is 1. The first kappa shape index (κ1) is 11.8. The lowest BCUT2D eigenvalue weighted by Gasteiger charge is -2.20. The van der Waals surface area contributed by atoms with Gasteiger partial charge < -0.3 is 4.90 Å². The predicted molar refractivity (Wildman–Crippen MR) is 80.1 cm³/mol. The summed E-state index contributed by atoms with van der Waals surface area (Å²) in [6.07, 6.45) is 1.17. The van der Waals surface area contributed by atoms with E-state index in [1.54, 1.807) is 0 Å². The Labute approximate surface area is 117 Å². The van der Waals surface area contributed by atoms with Crippen molar-refractivity contribution in [3.8, 4) is 0 Å². The van der Waals surface area contributed by atoms with E-state index in [0.717, 1.165) is 13.1 Å². The number of nitrogens with zero attached hydrogens (tertiary/aromatic N) is 1. The first-order chi connectivity index (χ1) is 8.74. The van der Waals surface area contributed by atoms with Gasteiger partial charge in [0, 0.05) is 23.2 Å². The Hall–Kier alpha value is -1.28. The van der Waals surface area contributed by atoms with Crippen molar-refractivity contribution in [1.29, 1.82) is 0 Å². The number of halogens is 1. The van der Waals surface area contributed by atoms with Gasteiger partial charge in [0.1, 0.15) is 0 Å². The molecule has 3 rings (SSSR count). The summed E-state index contributed by atoms with van der Waals surface area (Å²) in [7, 11) is 0. The lowest BCUT2D eigenvalue weighted by molar-refractivity contribution is 0.835. The number of hydrogen-bond acceptors (Lipinski definition) is 1. The van der Waals surface area contributed by atoms with Crippen LogP contribution in [-0.4, -0.2) is 6.54 Å². The highest BCUT2D eigenvalue weighted by atomic mass is 79.9. The predicted octanol–water partition coefficient (Wildman–Crippen LogP) is 4.32. The van der Waals surface area contributed by atoms with Gasteiger partial charge in [0.05, 0.1) is 0 Å². The van der Waals surface area contributed by atoms with Gasteiger partial charge in [-0.25, -0.2) is 0 Å². The van der Waals surface area contributed by atoms with Crippen LogP contribution in [0.2, 0.25) is 0 Å². The Balaban J connectivity index is 1.91. The first-order valence-corrected chi connectivity index (χ1v) is 7.11. The number of aryl methyl sites for hydroxylation is 1. The minimum atomic E-state index is 1.00. The molecule has 92 valence electrons. The normalized spacial score (nSPS) is 13.8. The summed E-state index contributed by atoms with van der Waals surface area (Å²) in [5.74, 6) is 0. The van der Waals surface area contributed by atoms with Crippen molar-refractivity contribution < 1.29 is 0 Å². The van der Waals surface area contributed by atoms with E-state index < -0.39 is 0 Å². The third-order valence-corrected chi connectivity index (χ3v) is 4.06. The van der Waals surface area contributed by atoms with Gasteiger partial charge in [-0.3, -0.25) is 0 Å². The van der Waals surface area contributed by atoms with Gasteiger partial charge in [0.25, 0.3) is 0 Å². The van der Waals surface area contributed by atoms with E-state index in [0.29, 0.717) is 0 Å². The molecule has 2 aromatic carbocycles. The van der Waals surface area contributed by atoms with Crippen LogP contribution in [0, 0.1) is 6.92 Å². The molecule has 1 aliphatic heterocycles. The van der Waals surface area contributed by atoms with E-state index in [2.05, 4.69) is 70.2 Å². The van der Waals surface area contributed by atoms with Gasteiger partial charge in [0.15, 0.2) is 0 Å². The van der Waals surface area contributed by atoms with E-state index in [4.69, 9.17) is 0 Å². The molecule has 0 amide bonds. The lowest BCUT2D eigenvalue weighted by Crippen LogP contribution is -2.19. The van der Waals surface area contributed by atoms with Crippen LogP contribution < -0.4 is 4.90 Å². The van der Waals surface area contributed by atoms with Crippen molar-refractivity contribution in [3.63, 3.8) is 0 Å². The largest absolute Gasteiger partial charge is 0.367 e. The maximum absolute atomic E-state index is 3.60. The van der Waals surface area contributed by atoms with Crippen LogP contribution in [0.15, 0.2) is 46.9 Å². The molecule has 0 fully saturated rings. The highest BCUT2D eigenvalue weighted by molar-refractivity contribution is 9.10. The standard InChI is InChI=1S/C16H16BrN/c1-12-9-14(17)10-16-15(12)7-8-18(16)11-13-5-3-2-4-6-13/h2-6,9-10H,7-8,11H2,1H3. The Bertz CT molecular complexity index is 563. The van der Waals surface area contributed by atoms with Crippen LogP contribution in [0.3, 0.4) is 0 Å². The molecule has 1 aliphatic rings. The molecule has 0 saturated heterocycles. The topological polar surface area (TPSA) is 3.24 Å². The molecule has 0 aliphatic carbocycles. The fourth-order valence-corrected chi connectivity index (χ4v) is 3.26. The zero-order valence-corrected chi connectivity index (χ0v) is 12.1. The fraction of sp³-hybridized carbons (Fsp3) is 0.250. The minimum Gasteiger partial charge on any atom is -0.367 e. The molecule has 0 N–H and O–H groups in total. The van der Waals surface area contributed by atoms with Crippen molar-refractivity contribution >= 4 is 21.6 Å². The summed E-state index contributed by atoms with van der Waals surface area (Å²) in [4.78, 5) is 2.47. The smallest absolute Gasteiger partial charge is 0.0429 e. The average Bonchev–Trinajstić information content (AvgIpc) is 2.74.